The van der Waals surface area contributed by atoms with Crippen molar-refractivity contribution >= 4 is 0 Å². The van der Waals surface area contributed by atoms with Crippen molar-refractivity contribution in [1.29, 1.82) is 0 Å². The second kappa shape index (κ2) is 7.10. The molecular formula is C16H28N2. The number of hydrogen-bond donors (Lipinski definition) is 1. The fraction of sp³-hybridized carbons (Fsp3) is 0.750. The van der Waals surface area contributed by atoms with E-state index in [1.165, 1.54) is 57.3 Å². The Morgan fingerprint density at radius 2 is 2.11 bits per heavy atom. The fourth-order valence-corrected chi connectivity index (χ4v) is 2.93. The van der Waals surface area contributed by atoms with Crippen LogP contribution in [-0.2, 0) is 0 Å². The molecule has 1 aliphatic heterocycles. The Hall–Kier alpha value is -0.600. The second-order valence-corrected chi connectivity index (χ2v) is 5.85. The highest BCUT2D eigenvalue weighted by Gasteiger charge is 2.16. The van der Waals surface area contributed by atoms with Crippen molar-refractivity contribution in [3.05, 3.63) is 23.3 Å². The number of likely N-dealkylation sites (tertiary alicyclic amines) is 1. The summed E-state index contributed by atoms with van der Waals surface area (Å²) in [6.07, 6.45) is 11.2. The number of nitrogens with one attached hydrogen (secondary N) is 1. The smallest absolute Gasteiger partial charge is 0.0168 e. The Bertz CT molecular complexity index is 309. The summed E-state index contributed by atoms with van der Waals surface area (Å²) < 4.78 is 0. The van der Waals surface area contributed by atoms with Crippen LogP contribution in [0.1, 0.15) is 39.0 Å². The van der Waals surface area contributed by atoms with Crippen molar-refractivity contribution in [3.63, 3.8) is 0 Å². The summed E-state index contributed by atoms with van der Waals surface area (Å²) in [5.41, 5.74) is 3.12. The van der Waals surface area contributed by atoms with E-state index in [0.717, 1.165) is 12.5 Å². The van der Waals surface area contributed by atoms with Gasteiger partial charge in [0.1, 0.15) is 0 Å². The lowest BCUT2D eigenvalue weighted by molar-refractivity contribution is 0.217. The Labute approximate surface area is 112 Å². The van der Waals surface area contributed by atoms with Crippen LogP contribution in [0.2, 0.25) is 0 Å². The minimum atomic E-state index is 0.895. The molecule has 0 spiro atoms. The molecule has 1 fully saturated rings. The molecule has 2 aliphatic rings. The monoisotopic (exact) mass is 248 g/mol. The summed E-state index contributed by atoms with van der Waals surface area (Å²) in [4.78, 5) is 2.44. The van der Waals surface area contributed by atoms with Crippen LogP contribution in [0.3, 0.4) is 0 Å². The van der Waals surface area contributed by atoms with Gasteiger partial charge in [-0.05, 0) is 64.7 Å². The van der Waals surface area contributed by atoms with Gasteiger partial charge < -0.3 is 10.2 Å². The maximum atomic E-state index is 3.67. The molecule has 0 radical (unpaired) electrons. The molecular weight excluding hydrogens is 220 g/mol. The van der Waals surface area contributed by atoms with Gasteiger partial charge >= 0.3 is 0 Å². The number of hydrogen-bond acceptors (Lipinski definition) is 2. The first-order valence-corrected chi connectivity index (χ1v) is 7.55. The van der Waals surface area contributed by atoms with Gasteiger partial charge in [0.25, 0.3) is 0 Å². The van der Waals surface area contributed by atoms with E-state index < -0.39 is 0 Å². The van der Waals surface area contributed by atoms with Gasteiger partial charge in [-0.1, -0.05) is 30.2 Å². The molecule has 2 heteroatoms. The zero-order valence-electron chi connectivity index (χ0n) is 12.0. The van der Waals surface area contributed by atoms with Gasteiger partial charge in [-0.25, -0.2) is 0 Å². The second-order valence-electron chi connectivity index (χ2n) is 5.85. The molecule has 2 rings (SSSR count). The highest BCUT2D eigenvalue weighted by atomic mass is 15.1. The molecule has 0 saturated carbocycles. The van der Waals surface area contributed by atoms with Crippen LogP contribution in [0.25, 0.3) is 0 Å². The normalized spacial score (nSPS) is 22.8. The van der Waals surface area contributed by atoms with Crippen LogP contribution in [0.5, 0.6) is 0 Å². The molecule has 0 atom stereocenters. The Kier molecular flexibility index (Phi) is 5.45. The first kappa shape index (κ1) is 13.8. The minimum absolute atomic E-state index is 0.895. The van der Waals surface area contributed by atoms with E-state index in [-0.39, 0.29) is 0 Å². The third-order valence-corrected chi connectivity index (χ3v) is 4.29. The average molecular weight is 248 g/mol. The lowest BCUT2D eigenvalue weighted by atomic mass is 9.96. The molecule has 0 amide bonds. The molecule has 1 saturated heterocycles. The third-order valence-electron chi connectivity index (χ3n) is 4.29. The average Bonchev–Trinajstić information content (AvgIpc) is 2.41. The van der Waals surface area contributed by atoms with Crippen molar-refractivity contribution in [2.24, 2.45) is 5.92 Å². The van der Waals surface area contributed by atoms with Crippen LogP contribution >= 0.6 is 0 Å². The predicted molar refractivity (Wildman–Crippen MR) is 78.8 cm³/mol. The summed E-state index contributed by atoms with van der Waals surface area (Å²) in [5, 5.41) is 3.67. The lowest BCUT2D eigenvalue weighted by Crippen LogP contribution is -2.35. The SMILES string of the molecule is CCC1=CCCC(CNCC2CCN(C)CC2)=C1. The zero-order valence-corrected chi connectivity index (χ0v) is 12.0. The van der Waals surface area contributed by atoms with Gasteiger partial charge in [0.15, 0.2) is 0 Å². The highest BCUT2D eigenvalue weighted by Crippen LogP contribution is 2.19. The molecule has 0 aromatic rings. The van der Waals surface area contributed by atoms with E-state index in [4.69, 9.17) is 0 Å². The van der Waals surface area contributed by atoms with Crippen LogP contribution in [0.15, 0.2) is 23.3 Å². The summed E-state index contributed by atoms with van der Waals surface area (Å²) in [6.45, 7) is 7.10. The number of nitrogens with zero attached hydrogens (tertiary/aromatic N) is 1. The summed E-state index contributed by atoms with van der Waals surface area (Å²) >= 11 is 0. The molecule has 1 aliphatic carbocycles. The predicted octanol–water partition coefficient (Wildman–Crippen LogP) is 2.97. The quantitative estimate of drug-likeness (QED) is 0.804. The summed E-state index contributed by atoms with van der Waals surface area (Å²) in [6, 6.07) is 0. The first-order chi connectivity index (χ1) is 8.78. The Morgan fingerprint density at radius 1 is 1.33 bits per heavy atom. The molecule has 0 aromatic carbocycles. The molecule has 2 nitrogen and oxygen atoms in total. The standard InChI is InChI=1S/C16H28N2/c1-3-14-5-4-6-16(11-14)13-17-12-15-7-9-18(2)10-8-15/h5,11,15,17H,3-4,6-10,12-13H2,1-2H3. The van der Waals surface area contributed by atoms with Crippen LogP contribution in [0.4, 0.5) is 0 Å². The zero-order chi connectivity index (χ0) is 12.8. The summed E-state index contributed by atoms with van der Waals surface area (Å²) in [7, 11) is 2.23. The van der Waals surface area contributed by atoms with E-state index in [9.17, 15) is 0 Å². The lowest BCUT2D eigenvalue weighted by Gasteiger charge is -2.29. The van der Waals surface area contributed by atoms with E-state index in [2.05, 4.69) is 36.3 Å². The maximum absolute atomic E-state index is 3.67. The van der Waals surface area contributed by atoms with E-state index in [1.807, 2.05) is 0 Å². The molecule has 0 unspecified atom stereocenters. The molecule has 1 heterocycles. The van der Waals surface area contributed by atoms with Crippen molar-refractivity contribution in [2.45, 2.75) is 39.0 Å². The largest absolute Gasteiger partial charge is 0.313 e. The van der Waals surface area contributed by atoms with E-state index >= 15 is 0 Å². The molecule has 0 bridgehead atoms. The van der Waals surface area contributed by atoms with E-state index in [1.54, 1.807) is 5.57 Å². The van der Waals surface area contributed by atoms with Crippen LogP contribution in [-0.4, -0.2) is 38.1 Å². The van der Waals surface area contributed by atoms with Crippen LogP contribution < -0.4 is 5.32 Å². The molecule has 18 heavy (non-hydrogen) atoms. The Balaban J connectivity index is 1.66. The van der Waals surface area contributed by atoms with Crippen molar-refractivity contribution in [2.75, 3.05) is 33.2 Å². The minimum Gasteiger partial charge on any atom is -0.313 e. The van der Waals surface area contributed by atoms with Gasteiger partial charge in [-0.3, -0.25) is 0 Å². The maximum Gasteiger partial charge on any atom is 0.0168 e. The number of rotatable bonds is 5. The Morgan fingerprint density at radius 3 is 2.83 bits per heavy atom. The molecule has 0 aromatic heterocycles. The highest BCUT2D eigenvalue weighted by molar-refractivity contribution is 5.28. The first-order valence-electron chi connectivity index (χ1n) is 7.55. The van der Waals surface area contributed by atoms with Gasteiger partial charge in [0.2, 0.25) is 0 Å². The fourth-order valence-electron chi connectivity index (χ4n) is 2.93. The molecule has 1 N–H and O–H groups in total. The van der Waals surface area contributed by atoms with Crippen molar-refractivity contribution in [1.82, 2.24) is 10.2 Å². The number of allylic oxidation sites excluding steroid dienone is 3. The molecule has 102 valence electrons. The van der Waals surface area contributed by atoms with Gasteiger partial charge in [-0.2, -0.15) is 0 Å². The van der Waals surface area contributed by atoms with Crippen molar-refractivity contribution < 1.29 is 0 Å². The van der Waals surface area contributed by atoms with Gasteiger partial charge in [-0.15, -0.1) is 0 Å². The van der Waals surface area contributed by atoms with E-state index in [0.29, 0.717) is 0 Å². The third kappa shape index (κ3) is 4.25. The van der Waals surface area contributed by atoms with Crippen molar-refractivity contribution in [3.8, 4) is 0 Å². The van der Waals surface area contributed by atoms with Crippen LogP contribution in [0, 0.1) is 5.92 Å². The summed E-state index contributed by atoms with van der Waals surface area (Å²) in [5.74, 6) is 0.895. The number of piperidine rings is 1. The van der Waals surface area contributed by atoms with Gasteiger partial charge in [0.05, 0.1) is 0 Å². The van der Waals surface area contributed by atoms with Gasteiger partial charge in [0, 0.05) is 6.54 Å². The topological polar surface area (TPSA) is 15.3 Å².